The predicted octanol–water partition coefficient (Wildman–Crippen LogP) is 1.69. The summed E-state index contributed by atoms with van der Waals surface area (Å²) >= 11 is 5.90. The average molecular weight is 265 g/mol. The molecule has 3 heterocycles. The Balaban J connectivity index is 1.87. The fraction of sp³-hybridized carbons (Fsp3) is 0.200. The highest BCUT2D eigenvalue weighted by atomic mass is 35.5. The van der Waals surface area contributed by atoms with E-state index < -0.39 is 0 Å². The van der Waals surface area contributed by atoms with Crippen molar-refractivity contribution in [1.82, 2.24) is 24.7 Å². The van der Waals surface area contributed by atoms with Gasteiger partial charge in [-0.05, 0) is 6.92 Å². The monoisotopic (exact) mass is 264 g/mol. The van der Waals surface area contributed by atoms with Crippen molar-refractivity contribution < 1.29 is 4.52 Å². The fourth-order valence-electron chi connectivity index (χ4n) is 1.59. The number of nitrogens with one attached hydrogen (secondary N) is 1. The molecule has 92 valence electrons. The summed E-state index contributed by atoms with van der Waals surface area (Å²) in [4.78, 5) is 8.02. The van der Waals surface area contributed by atoms with Crippen LogP contribution in [0.1, 0.15) is 11.5 Å². The summed E-state index contributed by atoms with van der Waals surface area (Å²) < 4.78 is 6.55. The molecule has 3 rings (SSSR count). The summed E-state index contributed by atoms with van der Waals surface area (Å²) in [7, 11) is 0. The molecule has 8 heteroatoms. The number of hydrogen-bond acceptors (Lipinski definition) is 6. The van der Waals surface area contributed by atoms with Crippen LogP contribution in [0.5, 0.6) is 0 Å². The lowest BCUT2D eigenvalue weighted by Gasteiger charge is -2.05. The first-order valence-corrected chi connectivity index (χ1v) is 5.62. The van der Waals surface area contributed by atoms with E-state index in [4.69, 9.17) is 16.1 Å². The lowest BCUT2D eigenvalue weighted by Crippen LogP contribution is -2.06. The summed E-state index contributed by atoms with van der Waals surface area (Å²) in [5.41, 5.74) is 0.800. The summed E-state index contributed by atoms with van der Waals surface area (Å²) in [5.74, 6) is 1.91. The third-order valence-corrected chi connectivity index (χ3v) is 2.54. The number of hydrogen-bond donors (Lipinski definition) is 1. The average Bonchev–Trinajstić information content (AvgIpc) is 2.94. The minimum Gasteiger partial charge on any atom is -0.364 e. The van der Waals surface area contributed by atoms with E-state index in [0.717, 1.165) is 11.5 Å². The van der Waals surface area contributed by atoms with Gasteiger partial charge in [0.2, 0.25) is 0 Å². The molecule has 0 aliphatic rings. The fourth-order valence-corrected chi connectivity index (χ4v) is 1.77. The molecule has 0 aromatic carbocycles. The first kappa shape index (κ1) is 11.0. The van der Waals surface area contributed by atoms with Crippen LogP contribution < -0.4 is 5.32 Å². The lowest BCUT2D eigenvalue weighted by atomic mass is 10.4. The smallest absolute Gasteiger partial charge is 0.255 e. The van der Waals surface area contributed by atoms with Gasteiger partial charge in [0.25, 0.3) is 5.78 Å². The Kier molecular flexibility index (Phi) is 2.60. The van der Waals surface area contributed by atoms with Crippen LogP contribution in [0.4, 0.5) is 5.82 Å². The van der Waals surface area contributed by atoms with Crippen molar-refractivity contribution in [3.05, 3.63) is 35.1 Å². The van der Waals surface area contributed by atoms with Crippen LogP contribution in [0, 0.1) is 6.92 Å². The van der Waals surface area contributed by atoms with Crippen molar-refractivity contribution in [1.29, 1.82) is 0 Å². The third kappa shape index (κ3) is 2.00. The molecular formula is C10H9ClN6O. The minimum atomic E-state index is 0.356. The van der Waals surface area contributed by atoms with Gasteiger partial charge >= 0.3 is 0 Å². The van der Waals surface area contributed by atoms with E-state index in [1.165, 1.54) is 6.33 Å². The molecular weight excluding hydrogens is 256 g/mol. The molecule has 0 amide bonds. The summed E-state index contributed by atoms with van der Waals surface area (Å²) in [6.45, 7) is 2.35. The number of nitrogens with zero attached hydrogens (tertiary/aromatic N) is 5. The predicted molar refractivity (Wildman–Crippen MR) is 64.4 cm³/mol. The Morgan fingerprint density at radius 1 is 1.44 bits per heavy atom. The molecule has 18 heavy (non-hydrogen) atoms. The summed E-state index contributed by atoms with van der Waals surface area (Å²) in [5, 5.41) is 11.5. The maximum Gasteiger partial charge on any atom is 0.255 e. The van der Waals surface area contributed by atoms with E-state index >= 15 is 0 Å². The zero-order valence-corrected chi connectivity index (χ0v) is 10.2. The molecule has 0 bridgehead atoms. The maximum atomic E-state index is 5.90. The van der Waals surface area contributed by atoms with Gasteiger partial charge in [-0.3, -0.25) is 0 Å². The van der Waals surface area contributed by atoms with Gasteiger partial charge in [-0.25, -0.2) is 0 Å². The Bertz CT molecular complexity index is 691. The van der Waals surface area contributed by atoms with Crippen molar-refractivity contribution in [2.45, 2.75) is 13.5 Å². The molecule has 0 saturated carbocycles. The van der Waals surface area contributed by atoms with Crippen molar-refractivity contribution in [3.8, 4) is 0 Å². The molecule has 3 aromatic rings. The van der Waals surface area contributed by atoms with E-state index in [2.05, 4.69) is 25.5 Å². The van der Waals surface area contributed by atoms with E-state index in [-0.39, 0.29) is 0 Å². The number of anilines is 1. The van der Waals surface area contributed by atoms with Gasteiger partial charge in [-0.2, -0.15) is 19.6 Å². The van der Waals surface area contributed by atoms with Gasteiger partial charge in [0.1, 0.15) is 28.8 Å². The van der Waals surface area contributed by atoms with E-state index in [1.54, 1.807) is 10.6 Å². The van der Waals surface area contributed by atoms with Gasteiger partial charge in [0, 0.05) is 12.1 Å². The van der Waals surface area contributed by atoms with Gasteiger partial charge in [0.05, 0.1) is 6.54 Å². The van der Waals surface area contributed by atoms with Crippen molar-refractivity contribution in [2.24, 2.45) is 0 Å². The number of fused-ring (bicyclic) bond motifs is 1. The molecule has 0 unspecified atom stereocenters. The lowest BCUT2D eigenvalue weighted by molar-refractivity contribution is 0.391. The standard InChI is InChI=1S/C10H9ClN6O/c1-6-2-7(16-18-6)4-12-9-3-8(11)15-10-13-5-14-17(9)10/h2-3,5,12H,4H2,1H3. The highest BCUT2D eigenvalue weighted by molar-refractivity contribution is 6.29. The Hall–Kier alpha value is -2.15. The van der Waals surface area contributed by atoms with E-state index in [9.17, 15) is 0 Å². The number of halogens is 1. The second-order valence-corrected chi connectivity index (χ2v) is 4.11. The molecule has 1 N–H and O–H groups in total. The van der Waals surface area contributed by atoms with Crippen LogP contribution >= 0.6 is 11.6 Å². The van der Waals surface area contributed by atoms with Crippen molar-refractivity contribution >= 4 is 23.2 Å². The summed E-state index contributed by atoms with van der Waals surface area (Å²) in [6.07, 6.45) is 1.42. The van der Waals surface area contributed by atoms with Crippen LogP contribution in [0.25, 0.3) is 5.78 Å². The van der Waals surface area contributed by atoms with Crippen LogP contribution in [0.3, 0.4) is 0 Å². The second kappa shape index (κ2) is 4.26. The normalized spacial score (nSPS) is 11.0. The molecule has 0 aliphatic heterocycles. The van der Waals surface area contributed by atoms with Crippen molar-refractivity contribution in [3.63, 3.8) is 0 Å². The minimum absolute atomic E-state index is 0.356. The first-order valence-electron chi connectivity index (χ1n) is 5.25. The molecule has 0 atom stereocenters. The van der Waals surface area contributed by atoms with E-state index in [1.807, 2.05) is 13.0 Å². The highest BCUT2D eigenvalue weighted by Gasteiger charge is 2.07. The quantitative estimate of drug-likeness (QED) is 0.725. The zero-order valence-electron chi connectivity index (χ0n) is 9.46. The Labute approximate surface area is 107 Å². The first-order chi connectivity index (χ1) is 8.72. The van der Waals surface area contributed by atoms with Gasteiger partial charge in [-0.1, -0.05) is 16.8 Å². The zero-order chi connectivity index (χ0) is 12.5. The van der Waals surface area contributed by atoms with Crippen LogP contribution in [-0.2, 0) is 6.54 Å². The van der Waals surface area contributed by atoms with Crippen molar-refractivity contribution in [2.75, 3.05) is 5.32 Å². The molecule has 0 radical (unpaired) electrons. The maximum absolute atomic E-state index is 5.90. The molecule has 0 fully saturated rings. The molecule has 3 aromatic heterocycles. The number of rotatable bonds is 3. The third-order valence-electron chi connectivity index (χ3n) is 2.35. The largest absolute Gasteiger partial charge is 0.364 e. The van der Waals surface area contributed by atoms with Crippen LogP contribution in [-0.4, -0.2) is 24.7 Å². The second-order valence-electron chi connectivity index (χ2n) is 3.72. The molecule has 7 nitrogen and oxygen atoms in total. The van der Waals surface area contributed by atoms with Gasteiger partial charge in [-0.15, -0.1) is 0 Å². The van der Waals surface area contributed by atoms with Crippen LogP contribution in [0.15, 0.2) is 23.0 Å². The van der Waals surface area contributed by atoms with Gasteiger partial charge < -0.3 is 9.84 Å². The number of aromatic nitrogens is 5. The Morgan fingerprint density at radius 3 is 3.11 bits per heavy atom. The Morgan fingerprint density at radius 2 is 2.33 bits per heavy atom. The summed E-state index contributed by atoms with van der Waals surface area (Å²) in [6, 6.07) is 3.53. The molecule has 0 spiro atoms. The van der Waals surface area contributed by atoms with Crippen LogP contribution in [0.2, 0.25) is 5.15 Å². The molecule has 0 aliphatic carbocycles. The topological polar surface area (TPSA) is 81.1 Å². The van der Waals surface area contributed by atoms with Gasteiger partial charge in [0.15, 0.2) is 0 Å². The number of aryl methyl sites for hydroxylation is 1. The van der Waals surface area contributed by atoms with E-state index in [0.29, 0.717) is 23.3 Å². The molecule has 0 saturated heterocycles. The SMILES string of the molecule is Cc1cc(CNc2cc(Cl)nc3ncnn23)no1. The highest BCUT2D eigenvalue weighted by Crippen LogP contribution is 2.15.